The highest BCUT2D eigenvalue weighted by Gasteiger charge is 2.04. The predicted octanol–water partition coefficient (Wildman–Crippen LogP) is 2.44. The number of hydrogen-bond donors (Lipinski definition) is 1. The van der Waals surface area contributed by atoms with Gasteiger partial charge in [-0.2, -0.15) is 0 Å². The summed E-state index contributed by atoms with van der Waals surface area (Å²) in [4.78, 5) is 5.45. The molecule has 4 heteroatoms. The summed E-state index contributed by atoms with van der Waals surface area (Å²) < 4.78 is 5.69. The van der Waals surface area contributed by atoms with Gasteiger partial charge in [-0.05, 0) is 24.6 Å². The smallest absolute Gasteiger partial charge is 0.218 e. The van der Waals surface area contributed by atoms with Crippen LogP contribution in [-0.4, -0.2) is 12.0 Å². The number of aromatic nitrogens is 1. The van der Waals surface area contributed by atoms with Crippen molar-refractivity contribution in [3.05, 3.63) is 46.3 Å². The van der Waals surface area contributed by atoms with E-state index in [1.807, 2.05) is 30.6 Å². The fourth-order valence-corrected chi connectivity index (χ4v) is 2.03. The Morgan fingerprint density at radius 2 is 2.31 bits per heavy atom. The van der Waals surface area contributed by atoms with Crippen molar-refractivity contribution in [1.29, 1.82) is 0 Å². The fourth-order valence-electron chi connectivity index (χ4n) is 1.41. The molecule has 0 saturated heterocycles. The van der Waals surface area contributed by atoms with Crippen molar-refractivity contribution in [1.82, 2.24) is 10.3 Å². The summed E-state index contributed by atoms with van der Waals surface area (Å²) in [5.41, 5.74) is 1.08. The molecule has 0 aliphatic heterocycles. The maximum absolute atomic E-state index is 5.69. The van der Waals surface area contributed by atoms with Crippen LogP contribution in [0.2, 0.25) is 0 Å². The van der Waals surface area contributed by atoms with Crippen molar-refractivity contribution >= 4 is 11.3 Å². The van der Waals surface area contributed by atoms with E-state index >= 15 is 0 Å². The van der Waals surface area contributed by atoms with Gasteiger partial charge < -0.3 is 10.1 Å². The van der Waals surface area contributed by atoms with E-state index in [9.17, 15) is 0 Å². The molecule has 0 aromatic carbocycles. The van der Waals surface area contributed by atoms with Crippen molar-refractivity contribution in [3.8, 4) is 5.88 Å². The fraction of sp³-hybridized carbons (Fsp3) is 0.250. The summed E-state index contributed by atoms with van der Waals surface area (Å²) in [5.74, 6) is 0.713. The summed E-state index contributed by atoms with van der Waals surface area (Å²) in [6.07, 6.45) is 1.75. The third-order valence-corrected chi connectivity index (χ3v) is 3.00. The van der Waals surface area contributed by atoms with Gasteiger partial charge in [-0.3, -0.25) is 0 Å². The van der Waals surface area contributed by atoms with Crippen LogP contribution in [-0.2, 0) is 13.2 Å². The van der Waals surface area contributed by atoms with E-state index in [-0.39, 0.29) is 0 Å². The molecule has 1 N–H and O–H groups in total. The van der Waals surface area contributed by atoms with E-state index < -0.39 is 0 Å². The molecule has 0 radical (unpaired) electrons. The van der Waals surface area contributed by atoms with Crippen molar-refractivity contribution in [2.75, 3.05) is 7.05 Å². The van der Waals surface area contributed by atoms with E-state index in [4.69, 9.17) is 4.74 Å². The molecule has 84 valence electrons. The van der Waals surface area contributed by atoms with E-state index in [1.165, 1.54) is 4.88 Å². The molecule has 0 amide bonds. The van der Waals surface area contributed by atoms with Gasteiger partial charge >= 0.3 is 0 Å². The number of nitrogens with zero attached hydrogens (tertiary/aromatic N) is 1. The minimum absolute atomic E-state index is 0.589. The first-order chi connectivity index (χ1) is 7.90. The highest BCUT2D eigenvalue weighted by atomic mass is 32.1. The van der Waals surface area contributed by atoms with Crippen LogP contribution < -0.4 is 10.1 Å². The molecule has 0 bridgehead atoms. The van der Waals surface area contributed by atoms with Gasteiger partial charge in [0.05, 0.1) is 0 Å². The summed E-state index contributed by atoms with van der Waals surface area (Å²) in [6.45, 7) is 1.36. The molecular formula is C12H14N2OS. The molecule has 2 rings (SSSR count). The molecule has 2 aromatic rings. The monoisotopic (exact) mass is 234 g/mol. The molecule has 2 aromatic heterocycles. The first kappa shape index (κ1) is 11.1. The number of rotatable bonds is 5. The molecule has 0 saturated carbocycles. The second-order valence-corrected chi connectivity index (χ2v) is 4.40. The van der Waals surface area contributed by atoms with Crippen molar-refractivity contribution in [2.24, 2.45) is 0 Å². The molecule has 0 aliphatic rings. The van der Waals surface area contributed by atoms with E-state index in [1.54, 1.807) is 17.5 Å². The minimum Gasteiger partial charge on any atom is -0.472 e. The lowest BCUT2D eigenvalue weighted by molar-refractivity contribution is 0.293. The molecule has 3 nitrogen and oxygen atoms in total. The van der Waals surface area contributed by atoms with Crippen LogP contribution in [0.15, 0.2) is 35.8 Å². The van der Waals surface area contributed by atoms with Crippen LogP contribution in [0.1, 0.15) is 10.4 Å². The lowest BCUT2D eigenvalue weighted by Gasteiger charge is -2.08. The average molecular weight is 234 g/mol. The van der Waals surface area contributed by atoms with Crippen LogP contribution in [0.25, 0.3) is 0 Å². The second-order valence-electron chi connectivity index (χ2n) is 3.37. The molecule has 0 fully saturated rings. The zero-order chi connectivity index (χ0) is 11.2. The quantitative estimate of drug-likeness (QED) is 0.862. The number of pyridine rings is 1. The van der Waals surface area contributed by atoms with Crippen LogP contribution >= 0.6 is 11.3 Å². The van der Waals surface area contributed by atoms with Crippen LogP contribution in [0.5, 0.6) is 5.88 Å². The zero-order valence-corrected chi connectivity index (χ0v) is 9.96. The minimum atomic E-state index is 0.589. The average Bonchev–Trinajstić information content (AvgIpc) is 2.81. The SMILES string of the molecule is CNCc1cccnc1OCc1cccs1. The molecule has 0 spiro atoms. The number of thiophene rings is 1. The molecule has 0 atom stereocenters. The molecule has 0 unspecified atom stereocenters. The van der Waals surface area contributed by atoms with E-state index in [0.29, 0.717) is 12.5 Å². The standard InChI is InChI=1S/C12H14N2OS/c1-13-8-10-4-2-6-14-12(10)15-9-11-5-3-7-16-11/h2-7,13H,8-9H2,1H3. The normalized spacial score (nSPS) is 10.3. The van der Waals surface area contributed by atoms with Gasteiger partial charge in [-0.25, -0.2) is 4.98 Å². The highest BCUT2D eigenvalue weighted by molar-refractivity contribution is 7.09. The summed E-state index contributed by atoms with van der Waals surface area (Å²) in [5, 5.41) is 5.15. The highest BCUT2D eigenvalue weighted by Crippen LogP contribution is 2.17. The number of nitrogens with one attached hydrogen (secondary N) is 1. The van der Waals surface area contributed by atoms with Crippen molar-refractivity contribution < 1.29 is 4.74 Å². The number of ether oxygens (including phenoxy) is 1. The zero-order valence-electron chi connectivity index (χ0n) is 9.14. The van der Waals surface area contributed by atoms with Gasteiger partial charge in [0.15, 0.2) is 0 Å². The third kappa shape index (κ3) is 2.81. The Hall–Kier alpha value is -1.39. The van der Waals surface area contributed by atoms with E-state index in [2.05, 4.69) is 16.4 Å². The largest absolute Gasteiger partial charge is 0.472 e. The van der Waals surface area contributed by atoms with Gasteiger partial charge in [0.1, 0.15) is 6.61 Å². The Kier molecular flexibility index (Phi) is 3.91. The Bertz CT molecular complexity index is 428. The maximum atomic E-state index is 5.69. The van der Waals surface area contributed by atoms with Gasteiger partial charge in [-0.15, -0.1) is 11.3 Å². The maximum Gasteiger partial charge on any atom is 0.218 e. The van der Waals surface area contributed by atoms with Gasteiger partial charge in [0, 0.05) is 23.2 Å². The third-order valence-electron chi connectivity index (χ3n) is 2.15. The number of hydrogen-bond acceptors (Lipinski definition) is 4. The van der Waals surface area contributed by atoms with Gasteiger partial charge in [0.2, 0.25) is 5.88 Å². The van der Waals surface area contributed by atoms with Crippen molar-refractivity contribution in [2.45, 2.75) is 13.2 Å². The second kappa shape index (κ2) is 5.63. The Labute approximate surface area is 99.1 Å². The Balaban J connectivity index is 2.03. The van der Waals surface area contributed by atoms with Gasteiger partial charge in [-0.1, -0.05) is 12.1 Å². The Morgan fingerprint density at radius 1 is 1.38 bits per heavy atom. The lowest BCUT2D eigenvalue weighted by Crippen LogP contribution is -2.08. The summed E-state index contributed by atoms with van der Waals surface area (Å²) >= 11 is 1.69. The first-order valence-corrected chi connectivity index (χ1v) is 6.02. The Morgan fingerprint density at radius 3 is 3.06 bits per heavy atom. The molecule has 16 heavy (non-hydrogen) atoms. The van der Waals surface area contributed by atoms with Crippen molar-refractivity contribution in [3.63, 3.8) is 0 Å². The van der Waals surface area contributed by atoms with E-state index in [0.717, 1.165) is 12.1 Å². The summed E-state index contributed by atoms with van der Waals surface area (Å²) in [7, 11) is 1.91. The molecule has 2 heterocycles. The topological polar surface area (TPSA) is 34.2 Å². The van der Waals surface area contributed by atoms with Crippen LogP contribution in [0.3, 0.4) is 0 Å². The first-order valence-electron chi connectivity index (χ1n) is 5.14. The molecule has 0 aliphatic carbocycles. The van der Waals surface area contributed by atoms with Crippen LogP contribution in [0.4, 0.5) is 0 Å². The molecular weight excluding hydrogens is 220 g/mol. The predicted molar refractivity (Wildman–Crippen MR) is 65.7 cm³/mol. The van der Waals surface area contributed by atoms with Crippen LogP contribution in [0, 0.1) is 0 Å². The van der Waals surface area contributed by atoms with Gasteiger partial charge in [0.25, 0.3) is 0 Å². The lowest BCUT2D eigenvalue weighted by atomic mass is 10.3. The summed E-state index contributed by atoms with van der Waals surface area (Å²) in [6, 6.07) is 8.03.